The lowest BCUT2D eigenvalue weighted by Crippen LogP contribution is -2.35. The van der Waals surface area contributed by atoms with Gasteiger partial charge in [-0.1, -0.05) is 35.9 Å². The molecule has 28 heavy (non-hydrogen) atoms. The Hall–Kier alpha value is -2.67. The van der Waals surface area contributed by atoms with Gasteiger partial charge in [0.25, 0.3) is 5.91 Å². The smallest absolute Gasteiger partial charge is 0.308 e. The third kappa shape index (κ3) is 4.25. The molecule has 1 N–H and O–H groups in total. The molecule has 1 aliphatic carbocycles. The van der Waals surface area contributed by atoms with Crippen LogP contribution in [0.1, 0.15) is 26.2 Å². The van der Waals surface area contributed by atoms with E-state index >= 15 is 0 Å². The fraction of sp³-hybridized carbons (Fsp3) is 0.400. The number of allylic oxidation sites excluding steroid dienone is 2. The van der Waals surface area contributed by atoms with Gasteiger partial charge in [0.05, 0.1) is 29.0 Å². The van der Waals surface area contributed by atoms with E-state index in [1.54, 1.807) is 24.3 Å². The van der Waals surface area contributed by atoms with E-state index in [0.717, 1.165) is 4.90 Å². The van der Waals surface area contributed by atoms with Gasteiger partial charge < -0.3 is 10.1 Å². The Labute approximate surface area is 167 Å². The summed E-state index contributed by atoms with van der Waals surface area (Å²) in [5.74, 6) is -2.31. The molecule has 8 heteroatoms. The maximum Gasteiger partial charge on any atom is 0.308 e. The standard InChI is InChI=1S/C20H21ClN2O5/c1-12(18(25)22-16-9-5-4-8-15(16)21)28-17(24)10-11-23-19(26)13-6-2-3-7-14(13)20(23)27/h2-5,8-9,12-14H,6-7,10-11H2,1H3,(H,22,25)/t12-,13+,14+/m1/s1. The maximum atomic E-state index is 12.4. The molecule has 0 saturated carbocycles. The first-order valence-electron chi connectivity index (χ1n) is 9.13. The summed E-state index contributed by atoms with van der Waals surface area (Å²) in [5.41, 5.74) is 0.418. The van der Waals surface area contributed by atoms with Gasteiger partial charge in [0.1, 0.15) is 0 Å². The minimum atomic E-state index is -1.04. The van der Waals surface area contributed by atoms with Crippen LogP contribution in [0.4, 0.5) is 5.69 Å². The van der Waals surface area contributed by atoms with E-state index in [-0.39, 0.29) is 36.6 Å². The minimum Gasteiger partial charge on any atom is -0.452 e. The van der Waals surface area contributed by atoms with E-state index in [0.29, 0.717) is 23.6 Å². The number of esters is 1. The molecule has 0 bridgehead atoms. The highest BCUT2D eigenvalue weighted by Gasteiger charge is 2.47. The van der Waals surface area contributed by atoms with Crippen LogP contribution in [0.15, 0.2) is 36.4 Å². The zero-order valence-electron chi connectivity index (χ0n) is 15.4. The normalized spacial score (nSPS) is 22.0. The average Bonchev–Trinajstić information content (AvgIpc) is 2.92. The van der Waals surface area contributed by atoms with Gasteiger partial charge in [-0.3, -0.25) is 24.1 Å². The molecule has 1 aromatic rings. The Balaban J connectivity index is 1.49. The molecule has 2 aliphatic rings. The van der Waals surface area contributed by atoms with Crippen LogP contribution in [-0.2, 0) is 23.9 Å². The van der Waals surface area contributed by atoms with Crippen LogP contribution in [0.2, 0.25) is 5.02 Å². The second-order valence-electron chi connectivity index (χ2n) is 6.84. The van der Waals surface area contributed by atoms with Gasteiger partial charge in [-0.25, -0.2) is 0 Å². The zero-order valence-corrected chi connectivity index (χ0v) is 16.1. The number of anilines is 1. The lowest BCUT2D eigenvalue weighted by atomic mass is 9.85. The number of carbonyl (C=O) groups excluding carboxylic acids is 4. The molecule has 1 aliphatic heterocycles. The lowest BCUT2D eigenvalue weighted by Gasteiger charge is -2.16. The first-order valence-corrected chi connectivity index (χ1v) is 9.51. The molecule has 3 amide bonds. The van der Waals surface area contributed by atoms with Crippen LogP contribution in [0.25, 0.3) is 0 Å². The minimum absolute atomic E-state index is 0.0393. The Kier molecular flexibility index (Phi) is 6.14. The van der Waals surface area contributed by atoms with E-state index in [2.05, 4.69) is 5.32 Å². The number of halogens is 1. The Morgan fingerprint density at radius 2 is 1.79 bits per heavy atom. The molecule has 1 aromatic carbocycles. The lowest BCUT2D eigenvalue weighted by molar-refractivity contribution is -0.154. The van der Waals surface area contributed by atoms with Gasteiger partial charge >= 0.3 is 5.97 Å². The van der Waals surface area contributed by atoms with E-state index in [9.17, 15) is 19.2 Å². The Bertz CT molecular complexity index is 812. The quantitative estimate of drug-likeness (QED) is 0.447. The first-order chi connectivity index (χ1) is 13.4. The van der Waals surface area contributed by atoms with Crippen LogP contribution >= 0.6 is 11.6 Å². The predicted molar refractivity (Wildman–Crippen MR) is 102 cm³/mol. The highest BCUT2D eigenvalue weighted by Crippen LogP contribution is 2.35. The Morgan fingerprint density at radius 1 is 1.18 bits per heavy atom. The highest BCUT2D eigenvalue weighted by molar-refractivity contribution is 6.33. The van der Waals surface area contributed by atoms with Crippen molar-refractivity contribution in [3.8, 4) is 0 Å². The molecule has 1 saturated heterocycles. The topological polar surface area (TPSA) is 92.8 Å². The molecule has 3 rings (SSSR count). The summed E-state index contributed by atoms with van der Waals surface area (Å²) in [6, 6.07) is 6.71. The summed E-state index contributed by atoms with van der Waals surface area (Å²) in [6.45, 7) is 1.40. The molecule has 3 atom stereocenters. The second kappa shape index (κ2) is 8.56. The summed E-state index contributed by atoms with van der Waals surface area (Å²) in [5, 5.41) is 2.96. The SMILES string of the molecule is C[C@@H](OC(=O)CCN1C(=O)[C@H]2CC=CC[C@@H]2C1=O)C(=O)Nc1ccccc1Cl. The number of nitrogens with one attached hydrogen (secondary N) is 1. The van der Waals surface area contributed by atoms with Crippen molar-refractivity contribution < 1.29 is 23.9 Å². The third-order valence-corrected chi connectivity index (χ3v) is 5.28. The van der Waals surface area contributed by atoms with Crippen molar-refractivity contribution in [1.29, 1.82) is 0 Å². The summed E-state index contributed by atoms with van der Waals surface area (Å²) < 4.78 is 5.12. The fourth-order valence-corrected chi connectivity index (χ4v) is 3.58. The molecule has 148 valence electrons. The number of hydrogen-bond acceptors (Lipinski definition) is 5. The number of para-hydroxylation sites is 1. The first kappa shape index (κ1) is 20.1. The fourth-order valence-electron chi connectivity index (χ4n) is 3.40. The van der Waals surface area contributed by atoms with Crippen molar-refractivity contribution in [3.05, 3.63) is 41.4 Å². The number of ether oxygens (including phenoxy) is 1. The van der Waals surface area contributed by atoms with Gasteiger partial charge in [-0.2, -0.15) is 0 Å². The number of likely N-dealkylation sites (tertiary alicyclic amines) is 1. The third-order valence-electron chi connectivity index (χ3n) is 4.95. The molecule has 1 fully saturated rings. The van der Waals surface area contributed by atoms with Gasteiger partial charge in [0.2, 0.25) is 11.8 Å². The molecule has 1 heterocycles. The van der Waals surface area contributed by atoms with Crippen LogP contribution in [0, 0.1) is 11.8 Å². The molecule has 0 spiro atoms. The molecule has 0 unspecified atom stereocenters. The van der Waals surface area contributed by atoms with E-state index in [1.165, 1.54) is 6.92 Å². The van der Waals surface area contributed by atoms with Crippen LogP contribution in [0.3, 0.4) is 0 Å². The monoisotopic (exact) mass is 404 g/mol. The summed E-state index contributed by atoms with van der Waals surface area (Å²) in [4.78, 5) is 50.1. The van der Waals surface area contributed by atoms with Crippen LogP contribution in [-0.4, -0.2) is 41.2 Å². The molecule has 0 radical (unpaired) electrons. The van der Waals surface area contributed by atoms with Crippen molar-refractivity contribution in [1.82, 2.24) is 4.90 Å². The molecule has 0 aromatic heterocycles. The molecule has 7 nitrogen and oxygen atoms in total. The van der Waals surface area contributed by atoms with E-state index < -0.39 is 18.0 Å². The van der Waals surface area contributed by atoms with Gasteiger partial charge in [-0.05, 0) is 31.9 Å². The van der Waals surface area contributed by atoms with Crippen molar-refractivity contribution in [2.24, 2.45) is 11.8 Å². The van der Waals surface area contributed by atoms with E-state index in [1.807, 2.05) is 12.2 Å². The van der Waals surface area contributed by atoms with Crippen molar-refractivity contribution in [2.45, 2.75) is 32.3 Å². The Morgan fingerprint density at radius 3 is 2.39 bits per heavy atom. The van der Waals surface area contributed by atoms with Crippen LogP contribution in [0.5, 0.6) is 0 Å². The molecular formula is C20H21ClN2O5. The second-order valence-corrected chi connectivity index (χ2v) is 7.24. The van der Waals surface area contributed by atoms with Gasteiger partial charge in [0.15, 0.2) is 6.10 Å². The largest absolute Gasteiger partial charge is 0.452 e. The number of hydrogen-bond donors (Lipinski definition) is 1. The maximum absolute atomic E-state index is 12.4. The zero-order chi connectivity index (χ0) is 20.3. The van der Waals surface area contributed by atoms with Crippen molar-refractivity contribution in [2.75, 3.05) is 11.9 Å². The predicted octanol–water partition coefficient (Wildman–Crippen LogP) is 2.55. The summed E-state index contributed by atoms with van der Waals surface area (Å²) in [6.07, 6.45) is 3.71. The summed E-state index contributed by atoms with van der Waals surface area (Å²) >= 11 is 5.98. The number of nitrogens with zero attached hydrogens (tertiary/aromatic N) is 1. The number of carbonyl (C=O) groups is 4. The van der Waals surface area contributed by atoms with Gasteiger partial charge in [-0.15, -0.1) is 0 Å². The number of amides is 3. The average molecular weight is 405 g/mol. The van der Waals surface area contributed by atoms with Crippen molar-refractivity contribution in [3.63, 3.8) is 0 Å². The number of imide groups is 1. The van der Waals surface area contributed by atoms with Crippen LogP contribution < -0.4 is 5.32 Å². The highest BCUT2D eigenvalue weighted by atomic mass is 35.5. The molecular weight excluding hydrogens is 384 g/mol. The van der Waals surface area contributed by atoms with E-state index in [4.69, 9.17) is 16.3 Å². The summed E-state index contributed by atoms with van der Waals surface area (Å²) in [7, 11) is 0. The number of rotatable bonds is 6. The number of benzene rings is 1. The number of fused-ring (bicyclic) bond motifs is 1. The van der Waals surface area contributed by atoms with Gasteiger partial charge in [0, 0.05) is 6.54 Å². The van der Waals surface area contributed by atoms with Crippen molar-refractivity contribution >= 4 is 41.0 Å².